The van der Waals surface area contributed by atoms with Crippen molar-refractivity contribution in [1.29, 1.82) is 10.8 Å². The van der Waals surface area contributed by atoms with Gasteiger partial charge in [0, 0.05) is 29.7 Å². The van der Waals surface area contributed by atoms with E-state index in [9.17, 15) is 9.59 Å². The van der Waals surface area contributed by atoms with Crippen molar-refractivity contribution in [2.45, 2.75) is 63.3 Å². The highest BCUT2D eigenvalue weighted by atomic mass is 79.9. The summed E-state index contributed by atoms with van der Waals surface area (Å²) < 4.78 is 0.930. The van der Waals surface area contributed by atoms with Gasteiger partial charge in [0.1, 0.15) is 11.9 Å². The molecule has 1 aliphatic carbocycles. The fraction of sp³-hybridized carbons (Fsp3) is 0.484. The predicted molar refractivity (Wildman–Crippen MR) is 173 cm³/mol. The van der Waals surface area contributed by atoms with Crippen LogP contribution in [0.1, 0.15) is 67.6 Å². The lowest BCUT2D eigenvalue weighted by Gasteiger charge is -2.34. The number of piperidine rings is 1. The van der Waals surface area contributed by atoms with E-state index in [1.165, 1.54) is 0 Å². The van der Waals surface area contributed by atoms with Gasteiger partial charge in [-0.25, -0.2) is 0 Å². The molecule has 0 spiro atoms. The zero-order chi connectivity index (χ0) is 29.4. The summed E-state index contributed by atoms with van der Waals surface area (Å²) in [5, 5.41) is 21.7. The van der Waals surface area contributed by atoms with Gasteiger partial charge in [-0.3, -0.25) is 20.4 Å². The summed E-state index contributed by atoms with van der Waals surface area (Å²) in [6.07, 6.45) is 7.32. The van der Waals surface area contributed by atoms with Gasteiger partial charge in [-0.05, 0) is 67.2 Å². The van der Waals surface area contributed by atoms with Crippen LogP contribution in [0.4, 0.5) is 0 Å². The van der Waals surface area contributed by atoms with Crippen molar-refractivity contribution in [2.24, 2.45) is 23.3 Å². The Hall–Kier alpha value is -3.11. The molecule has 1 saturated carbocycles. The number of nitrogens with two attached hydrogens (primary N) is 2. The maximum atomic E-state index is 14.0. The zero-order valence-corrected chi connectivity index (χ0v) is 26.3. The van der Waals surface area contributed by atoms with Crippen LogP contribution in [0.25, 0.3) is 0 Å². The Kier molecular flexibility index (Phi) is 12.7. The molecule has 2 aromatic rings. The topological polar surface area (TPSA) is 161 Å². The Morgan fingerprint density at radius 3 is 2.10 bits per heavy atom. The van der Waals surface area contributed by atoms with Crippen LogP contribution in [0, 0.1) is 22.7 Å². The van der Waals surface area contributed by atoms with Gasteiger partial charge >= 0.3 is 0 Å². The molecule has 8 N–H and O–H groups in total. The number of carbonyl (C=O) groups is 2. The molecule has 2 amide bonds. The second-order valence-corrected chi connectivity index (χ2v) is 12.3. The number of guanidine groups is 1. The van der Waals surface area contributed by atoms with Gasteiger partial charge in [-0.1, -0.05) is 71.6 Å². The lowest BCUT2D eigenvalue weighted by molar-refractivity contribution is -0.131. The number of likely N-dealkylation sites (tertiary alicyclic amines) is 1. The molecule has 0 bridgehead atoms. The van der Waals surface area contributed by atoms with Crippen molar-refractivity contribution in [2.75, 3.05) is 19.6 Å². The van der Waals surface area contributed by atoms with Gasteiger partial charge in [-0.2, -0.15) is 0 Å². The van der Waals surface area contributed by atoms with Crippen molar-refractivity contribution in [1.82, 2.24) is 15.5 Å². The standard InChI is InChI=1S/C31H42BrN7O2.ClH/c32-25-12-10-22(11-13-25)26(18-20-6-8-24(9-7-20)28(33)34)29(40)38-27(23-4-2-1-3-5-23)30(41)37-19-21-14-16-39(17-15-21)31(35)36;/h6-13,21,23,26-27H,1-5,14-19H2,(H3,33,34)(H3,35,36)(H,37,41)(H,38,40);1H/t26?,27-;/m0./s1. The smallest absolute Gasteiger partial charge is 0.242 e. The largest absolute Gasteiger partial charge is 0.384 e. The molecule has 2 atom stereocenters. The van der Waals surface area contributed by atoms with Gasteiger partial charge < -0.3 is 27.0 Å². The van der Waals surface area contributed by atoms with E-state index in [0.717, 1.165) is 73.6 Å². The van der Waals surface area contributed by atoms with Gasteiger partial charge in [0.15, 0.2) is 5.96 Å². The van der Waals surface area contributed by atoms with E-state index >= 15 is 0 Å². The highest BCUT2D eigenvalue weighted by Gasteiger charge is 2.34. The molecule has 1 aliphatic heterocycles. The first kappa shape index (κ1) is 33.4. The van der Waals surface area contributed by atoms with Crippen molar-refractivity contribution in [3.05, 3.63) is 69.7 Å². The lowest BCUT2D eigenvalue weighted by atomic mass is 9.82. The average Bonchev–Trinajstić information content (AvgIpc) is 2.98. The van der Waals surface area contributed by atoms with E-state index in [1.54, 1.807) is 12.1 Å². The number of nitrogens with zero attached hydrogens (tertiary/aromatic N) is 1. The summed E-state index contributed by atoms with van der Waals surface area (Å²) in [5.41, 5.74) is 13.7. The molecule has 1 unspecified atom stereocenters. The van der Waals surface area contributed by atoms with Crippen molar-refractivity contribution in [3.8, 4) is 0 Å². The summed E-state index contributed by atoms with van der Waals surface area (Å²) in [7, 11) is 0. The molecule has 2 fully saturated rings. The fourth-order valence-corrected chi connectivity index (χ4v) is 6.23. The summed E-state index contributed by atoms with van der Waals surface area (Å²) >= 11 is 3.49. The molecule has 2 aromatic carbocycles. The molecule has 4 rings (SSSR count). The number of amidine groups is 1. The maximum Gasteiger partial charge on any atom is 0.242 e. The third-order valence-electron chi connectivity index (χ3n) is 8.52. The number of hydrogen-bond acceptors (Lipinski definition) is 4. The van der Waals surface area contributed by atoms with Crippen molar-refractivity contribution in [3.63, 3.8) is 0 Å². The van der Waals surface area contributed by atoms with E-state index in [0.29, 0.717) is 24.4 Å². The number of nitrogen functional groups attached to an aromatic ring is 1. The van der Waals surface area contributed by atoms with Crippen molar-refractivity contribution >= 4 is 51.9 Å². The summed E-state index contributed by atoms with van der Waals surface area (Å²) in [4.78, 5) is 29.5. The molecule has 0 radical (unpaired) electrons. The molecule has 42 heavy (non-hydrogen) atoms. The van der Waals surface area contributed by atoms with Crippen LogP contribution in [-0.2, 0) is 16.0 Å². The Morgan fingerprint density at radius 1 is 0.905 bits per heavy atom. The lowest BCUT2D eigenvalue weighted by Crippen LogP contribution is -2.53. The van der Waals surface area contributed by atoms with E-state index in [-0.39, 0.29) is 41.9 Å². The molecule has 1 saturated heterocycles. The number of nitrogens with one attached hydrogen (secondary N) is 4. The third kappa shape index (κ3) is 9.19. The van der Waals surface area contributed by atoms with E-state index in [1.807, 2.05) is 41.3 Å². The summed E-state index contributed by atoms with van der Waals surface area (Å²) in [6, 6.07) is 14.6. The minimum absolute atomic E-state index is 0. The molecular formula is C31H43BrClN7O2. The number of rotatable bonds is 10. The number of amides is 2. The van der Waals surface area contributed by atoms with Crippen LogP contribution in [-0.4, -0.2) is 54.2 Å². The Bertz CT molecular complexity index is 1210. The second-order valence-electron chi connectivity index (χ2n) is 11.4. The Balaban J connectivity index is 0.00000484. The van der Waals surface area contributed by atoms with Crippen molar-refractivity contribution < 1.29 is 9.59 Å². The van der Waals surface area contributed by atoms with E-state index < -0.39 is 12.0 Å². The third-order valence-corrected chi connectivity index (χ3v) is 9.04. The second kappa shape index (κ2) is 15.9. The minimum atomic E-state index is -0.585. The molecule has 2 aliphatic rings. The highest BCUT2D eigenvalue weighted by molar-refractivity contribution is 9.10. The molecule has 228 valence electrons. The van der Waals surface area contributed by atoms with Crippen LogP contribution in [0.3, 0.4) is 0 Å². The average molecular weight is 661 g/mol. The number of carbonyl (C=O) groups excluding carboxylic acids is 2. The normalized spacial score (nSPS) is 17.4. The van der Waals surface area contributed by atoms with Crippen LogP contribution in [0.5, 0.6) is 0 Å². The van der Waals surface area contributed by atoms with Gasteiger partial charge in [0.2, 0.25) is 11.8 Å². The Morgan fingerprint density at radius 2 is 1.52 bits per heavy atom. The quantitative estimate of drug-likeness (QED) is 0.166. The first-order valence-corrected chi connectivity index (χ1v) is 15.4. The maximum absolute atomic E-state index is 14.0. The molecule has 1 heterocycles. The first-order valence-electron chi connectivity index (χ1n) is 14.6. The molecule has 11 heteroatoms. The first-order chi connectivity index (χ1) is 19.7. The number of halogens is 2. The predicted octanol–water partition coefficient (Wildman–Crippen LogP) is 4.27. The Labute approximate surface area is 263 Å². The number of benzene rings is 2. The van der Waals surface area contributed by atoms with Gasteiger partial charge in [0.25, 0.3) is 0 Å². The molecule has 0 aromatic heterocycles. The van der Waals surface area contributed by atoms with Gasteiger partial charge in [0.05, 0.1) is 5.92 Å². The van der Waals surface area contributed by atoms with E-state index in [2.05, 4.69) is 26.6 Å². The van der Waals surface area contributed by atoms with Crippen LogP contribution < -0.4 is 22.1 Å². The number of hydrogen-bond donors (Lipinski definition) is 6. The fourth-order valence-electron chi connectivity index (χ4n) is 5.96. The molecular weight excluding hydrogens is 618 g/mol. The summed E-state index contributed by atoms with van der Waals surface area (Å²) in [6.45, 7) is 2.00. The van der Waals surface area contributed by atoms with Gasteiger partial charge in [-0.15, -0.1) is 12.4 Å². The minimum Gasteiger partial charge on any atom is -0.384 e. The monoisotopic (exact) mass is 659 g/mol. The van der Waals surface area contributed by atoms with Crippen LogP contribution in [0.15, 0.2) is 53.0 Å². The molecule has 9 nitrogen and oxygen atoms in total. The summed E-state index contributed by atoms with van der Waals surface area (Å²) in [5.74, 6) is -0.227. The highest BCUT2D eigenvalue weighted by Crippen LogP contribution is 2.29. The van der Waals surface area contributed by atoms with Crippen LogP contribution >= 0.6 is 28.3 Å². The SMILES string of the molecule is Cl.N=C(N)c1ccc(CC(C(=O)N[C@H](C(=O)NCC2CCN(C(=N)N)CC2)C2CCCCC2)c2ccc(Br)cc2)cc1. The van der Waals surface area contributed by atoms with E-state index in [4.69, 9.17) is 22.3 Å². The van der Waals surface area contributed by atoms with Crippen LogP contribution in [0.2, 0.25) is 0 Å². The zero-order valence-electron chi connectivity index (χ0n) is 23.9.